The number of aliphatic hydroxyl groups is 1. The summed E-state index contributed by atoms with van der Waals surface area (Å²) in [4.78, 5) is 74.8. The quantitative estimate of drug-likeness (QED) is 0.0316. The van der Waals surface area contributed by atoms with Gasteiger partial charge in [0.15, 0.2) is 28.1 Å². The van der Waals surface area contributed by atoms with E-state index in [1.165, 1.54) is 11.3 Å². The Balaban J connectivity index is 0.594. The number of aryl methyl sites for hydroxylation is 1. The molecule has 1 saturated heterocycles. The molecule has 21 nitrogen and oxygen atoms in total. The Bertz CT molecular complexity index is 4090. The highest BCUT2D eigenvalue weighted by molar-refractivity contribution is 7.22. The summed E-state index contributed by atoms with van der Waals surface area (Å²) in [5.74, 6) is -0.415. The fraction of sp³-hybridized carbons (Fsp3) is 0.562. The third kappa shape index (κ3) is 14.3. The number of anilines is 4. The molecule has 2 aromatic carbocycles. The summed E-state index contributed by atoms with van der Waals surface area (Å²) in [7, 11) is 2.18. The second kappa shape index (κ2) is 26.6. The van der Waals surface area contributed by atoms with Crippen molar-refractivity contribution in [1.82, 2.24) is 55.4 Å². The first-order valence-electron chi connectivity index (χ1n) is 34.5. The van der Waals surface area contributed by atoms with E-state index < -0.39 is 53.0 Å². The smallest absolute Gasteiger partial charge is 0.355 e. The molecule has 4 bridgehead atoms. The number of fused-ring (bicyclic) bond motifs is 2. The SMILES string of the molecule is Cc1ncsc1-c1ccc(CNC(=O)[C@@H]2C[C@@H](O)CN2C(=O)C(NC(=O)C2(F)CC2)C(C)(C)C)c(OCCCCCCN(C)CCOC23CC4(C)CC(C)(CC(Cn5ncc(-c6ccc(N7CCCc8c7nnc(Nc7nc9ccccc9s7)c8C)nc6C(=O)O)c5C)(C4)C2)C3)c1. The van der Waals surface area contributed by atoms with Gasteiger partial charge >= 0.3 is 5.97 Å². The zero-order valence-electron chi connectivity index (χ0n) is 57.4. The molecule has 6 fully saturated rings. The van der Waals surface area contributed by atoms with Crippen molar-refractivity contribution < 1.29 is 43.3 Å². The van der Waals surface area contributed by atoms with Gasteiger partial charge in [0.1, 0.15) is 23.7 Å². The maximum atomic E-state index is 14.8. The maximum Gasteiger partial charge on any atom is 0.355 e. The number of carbonyl (C=O) groups excluding carboxylic acids is 3. The predicted octanol–water partition coefficient (Wildman–Crippen LogP) is 12.2. The summed E-state index contributed by atoms with van der Waals surface area (Å²) < 4.78 is 31.7. The number of unbranched alkanes of at least 4 members (excludes halogenated alkanes) is 3. The maximum absolute atomic E-state index is 14.8. The first-order valence-corrected chi connectivity index (χ1v) is 36.2. The minimum atomic E-state index is -1.98. The molecular weight excluding hydrogens is 1270 g/mol. The van der Waals surface area contributed by atoms with Crippen molar-refractivity contribution >= 4 is 79.2 Å². The lowest BCUT2D eigenvalue weighted by atomic mass is 9.39. The van der Waals surface area contributed by atoms with Crippen molar-refractivity contribution in [1.29, 1.82) is 0 Å². The third-order valence-corrected chi connectivity index (χ3v) is 23.2. The van der Waals surface area contributed by atoms with Gasteiger partial charge < -0.3 is 50.3 Å². The topological polar surface area (TPSA) is 255 Å². The Morgan fingerprint density at radius 2 is 1.67 bits per heavy atom. The number of benzene rings is 2. The summed E-state index contributed by atoms with van der Waals surface area (Å²) >= 11 is 3.11. The Morgan fingerprint density at radius 3 is 2.40 bits per heavy atom. The van der Waals surface area contributed by atoms with E-state index in [-0.39, 0.29) is 59.9 Å². The number of aromatic carboxylic acids is 1. The highest BCUT2D eigenvalue weighted by Gasteiger charge is 2.66. The van der Waals surface area contributed by atoms with Gasteiger partial charge in [-0.25, -0.2) is 24.1 Å². The molecule has 516 valence electrons. The molecule has 5 saturated carbocycles. The van der Waals surface area contributed by atoms with Crippen LogP contribution in [0.15, 0.2) is 66.3 Å². The number of para-hydroxylation sites is 1. The van der Waals surface area contributed by atoms with Crippen molar-refractivity contribution in [2.75, 3.05) is 56.7 Å². The minimum Gasteiger partial charge on any atom is -0.493 e. The molecule has 3 amide bonds. The number of alkyl halides is 1. The van der Waals surface area contributed by atoms with Gasteiger partial charge in [-0.15, -0.1) is 21.5 Å². The normalized spacial score (nSPS) is 24.2. The molecule has 24 heteroatoms. The molecule has 5 N–H and O–H groups in total. The zero-order chi connectivity index (χ0) is 68.4. The largest absolute Gasteiger partial charge is 0.493 e. The molecule has 7 aromatic rings. The predicted molar refractivity (Wildman–Crippen MR) is 373 cm³/mol. The van der Waals surface area contributed by atoms with E-state index in [1.54, 1.807) is 43.4 Å². The Labute approximate surface area is 574 Å². The van der Waals surface area contributed by atoms with Gasteiger partial charge in [-0.05, 0) is 169 Å². The number of nitrogens with one attached hydrogen (secondary N) is 3. The van der Waals surface area contributed by atoms with Crippen LogP contribution < -0.4 is 25.6 Å². The number of aliphatic hydroxyl groups excluding tert-OH is 1. The van der Waals surface area contributed by atoms with Crippen LogP contribution in [0.25, 0.3) is 31.8 Å². The average Bonchev–Trinajstić information content (AvgIpc) is 1.36. The van der Waals surface area contributed by atoms with E-state index in [0.717, 1.165) is 150 Å². The summed E-state index contributed by atoms with van der Waals surface area (Å²) in [6, 6.07) is 15.6. The number of hydrogen-bond acceptors (Lipinski definition) is 18. The highest BCUT2D eigenvalue weighted by Crippen LogP contribution is 2.72. The second-order valence-electron chi connectivity index (χ2n) is 30.7. The number of amides is 3. The fourth-order valence-electron chi connectivity index (χ4n) is 17.4. The van der Waals surface area contributed by atoms with E-state index in [0.29, 0.717) is 48.5 Å². The van der Waals surface area contributed by atoms with Crippen LogP contribution in [-0.4, -0.2) is 155 Å². The summed E-state index contributed by atoms with van der Waals surface area (Å²) in [5, 5.41) is 45.7. The number of nitrogens with zero attached hydrogens (tertiary/aromatic N) is 10. The number of likely N-dealkylation sites (N-methyl/N-ethyl adjacent to an activating group) is 1. The summed E-state index contributed by atoms with van der Waals surface area (Å²) in [5.41, 5.74) is 6.82. The molecule has 97 heavy (non-hydrogen) atoms. The standard InChI is InChI=1S/C73H92FN13O8S2/c1-44-50-17-16-27-85(62(50)83-82-61(44)81-67-78-53-18-12-13-19-56(53)97-67)57-23-22-51(58(79-57)65(91)92)52-34-77-87(46(52)3)42-71-37-69(7)36-70(8,38-71)40-72(39-69,41-71)95-30-28-84(9)26-14-10-11-15-29-94-55-31-47(59-45(2)76-43-96-59)20-21-48(55)33-75-63(89)54-32-49(88)35-86(54)64(90)60(68(4,5)6)80-66(93)73(74)24-25-73/h12-13,18-23,31,34,43,49,54,60,88H,10-11,14-17,24-30,32-33,35-42H2,1-9H3,(H,75,89)(H,80,93)(H,91,92)(H,78,81,82)/t49-,54+,60?,69?,70?,71?,72?/m1/s1. The lowest BCUT2D eigenvalue weighted by Gasteiger charge is -2.69. The van der Waals surface area contributed by atoms with Crippen LogP contribution in [0.4, 0.5) is 27.0 Å². The molecule has 5 aliphatic carbocycles. The van der Waals surface area contributed by atoms with E-state index >= 15 is 0 Å². The van der Waals surface area contributed by atoms with Gasteiger partial charge in [-0.1, -0.05) is 83.1 Å². The van der Waals surface area contributed by atoms with E-state index in [2.05, 4.69) is 63.4 Å². The van der Waals surface area contributed by atoms with Crippen molar-refractivity contribution in [2.24, 2.45) is 21.7 Å². The molecule has 2 aliphatic heterocycles. The third-order valence-electron chi connectivity index (χ3n) is 21.2. The van der Waals surface area contributed by atoms with Crippen LogP contribution >= 0.6 is 22.7 Å². The van der Waals surface area contributed by atoms with E-state index in [4.69, 9.17) is 29.6 Å². The molecule has 0 spiro atoms. The molecule has 7 heterocycles. The Hall–Kier alpha value is -7.51. The number of hydrogen-bond donors (Lipinski definition) is 5. The average molecular weight is 1360 g/mol. The van der Waals surface area contributed by atoms with Gasteiger partial charge in [0.2, 0.25) is 11.8 Å². The number of aromatic nitrogens is 7. The molecular formula is C73H92FN13O8S2. The molecule has 3 unspecified atom stereocenters. The van der Waals surface area contributed by atoms with Crippen molar-refractivity contribution in [2.45, 2.75) is 194 Å². The Morgan fingerprint density at radius 1 is 0.897 bits per heavy atom. The van der Waals surface area contributed by atoms with Crippen molar-refractivity contribution in [3.63, 3.8) is 0 Å². The fourth-order valence-corrected chi connectivity index (χ4v) is 19.1. The monoisotopic (exact) mass is 1360 g/mol. The number of halogens is 1. The number of thiazole rings is 2. The first-order chi connectivity index (χ1) is 46.2. The van der Waals surface area contributed by atoms with Gasteiger partial charge in [0.05, 0.1) is 57.4 Å². The lowest BCUT2D eigenvalue weighted by molar-refractivity contribution is -0.248. The zero-order valence-corrected chi connectivity index (χ0v) is 59.0. The molecule has 5 aromatic heterocycles. The number of rotatable bonds is 26. The highest BCUT2D eigenvalue weighted by atomic mass is 32.1. The lowest BCUT2D eigenvalue weighted by Crippen LogP contribution is -2.64. The van der Waals surface area contributed by atoms with Gasteiger partial charge in [0.25, 0.3) is 5.91 Å². The number of β-amino-alcohol motifs (C(OH)–C–C–N with tert-alkyl or cyclic N) is 1. The number of carboxylic acid groups (broad SMARTS) is 1. The van der Waals surface area contributed by atoms with Gasteiger partial charge in [-0.2, -0.15) is 5.10 Å². The first kappa shape index (κ1) is 68.0. The Kier molecular flexibility index (Phi) is 18.7. The number of pyridine rings is 1. The molecule has 14 rings (SSSR count). The van der Waals surface area contributed by atoms with Crippen LogP contribution in [0.5, 0.6) is 5.75 Å². The number of likely N-dealkylation sites (tertiary alicyclic amines) is 1. The second-order valence-corrected chi connectivity index (χ2v) is 32.6. The summed E-state index contributed by atoms with van der Waals surface area (Å²) in [6.45, 7) is 20.6. The van der Waals surface area contributed by atoms with Crippen LogP contribution in [-0.2, 0) is 38.6 Å². The van der Waals surface area contributed by atoms with Crippen molar-refractivity contribution in [3.8, 4) is 27.3 Å². The van der Waals surface area contributed by atoms with Crippen LogP contribution in [0.3, 0.4) is 0 Å². The minimum absolute atomic E-state index is 0.0268. The van der Waals surface area contributed by atoms with Crippen LogP contribution in [0.1, 0.15) is 163 Å². The van der Waals surface area contributed by atoms with Crippen LogP contribution in [0.2, 0.25) is 0 Å². The number of carbonyl (C=O) groups is 4. The molecule has 5 atom stereocenters. The van der Waals surface area contributed by atoms with Gasteiger partial charge in [0, 0.05) is 72.7 Å². The molecule has 0 radical (unpaired) electrons. The van der Waals surface area contributed by atoms with E-state index in [1.807, 2.05) is 85.1 Å². The van der Waals surface area contributed by atoms with Crippen molar-refractivity contribution in [3.05, 3.63) is 100 Å². The number of ether oxygens (including phenoxy) is 2. The molecule has 7 aliphatic rings. The van der Waals surface area contributed by atoms with Gasteiger partial charge in [-0.3, -0.25) is 19.1 Å². The number of carboxylic acids is 1. The summed E-state index contributed by atoms with van der Waals surface area (Å²) in [6.07, 6.45) is 13.1. The van der Waals surface area contributed by atoms with Crippen LogP contribution in [0, 0.1) is 42.4 Å². The van der Waals surface area contributed by atoms with E-state index in [9.17, 15) is 33.8 Å².